The molecule has 0 N–H and O–H groups in total. The van der Waals surface area contributed by atoms with Crippen LogP contribution in [0.2, 0.25) is 0 Å². The van der Waals surface area contributed by atoms with Crippen LogP contribution in [-0.2, 0) is 4.57 Å². The van der Waals surface area contributed by atoms with E-state index in [1.54, 1.807) is 18.2 Å². The Hall–Kier alpha value is -0.180. The van der Waals surface area contributed by atoms with Gasteiger partial charge in [0.1, 0.15) is 7.37 Å². The molecule has 0 fully saturated rings. The quantitative estimate of drug-likeness (QED) is 0.463. The maximum absolute atomic E-state index is 11.3. The van der Waals surface area contributed by atoms with Gasteiger partial charge in [-0.1, -0.05) is 36.9 Å². The Balaban J connectivity index is 0.00000169. The van der Waals surface area contributed by atoms with Crippen molar-refractivity contribution in [3.05, 3.63) is 48.3 Å². The van der Waals surface area contributed by atoms with E-state index in [1.807, 2.05) is 0 Å². The van der Waals surface area contributed by atoms with Gasteiger partial charge in [-0.05, 0) is 5.82 Å². The summed E-state index contributed by atoms with van der Waals surface area (Å²) in [7, 11) is -4.11. The molecule has 0 saturated carbocycles. The van der Waals surface area contributed by atoms with Crippen molar-refractivity contribution >= 4 is 12.9 Å². The summed E-state index contributed by atoms with van der Waals surface area (Å²) in [5.41, 5.74) is -0.719. The normalized spacial score (nSPS) is 13.5. The van der Waals surface area contributed by atoms with Gasteiger partial charge in [0.2, 0.25) is 5.52 Å². The zero-order valence-electron chi connectivity index (χ0n) is 7.84. The fraction of sp³-hybridized carbons (Fsp3) is 0. The molecule has 0 aliphatic rings. The molecule has 14 heavy (non-hydrogen) atoms. The van der Waals surface area contributed by atoms with Crippen molar-refractivity contribution in [3.8, 4) is 0 Å². The minimum absolute atomic E-state index is 0. The van der Waals surface area contributed by atoms with Crippen molar-refractivity contribution in [1.29, 1.82) is 0 Å². The Morgan fingerprint density at radius 2 is 1.86 bits per heavy atom. The summed E-state index contributed by atoms with van der Waals surface area (Å²) in [6.07, 6.45) is 0. The number of hydrogen-bond acceptors (Lipinski definition) is 3. The maximum atomic E-state index is 11.3. The van der Waals surface area contributed by atoms with Crippen LogP contribution < -0.4 is 34.5 Å². The Morgan fingerprint density at radius 1 is 1.36 bits per heavy atom. The topological polar surface area (TPSA) is 57.2 Å². The first-order valence-electron chi connectivity index (χ1n) is 3.62. The van der Waals surface area contributed by atoms with Crippen LogP contribution in [0.1, 0.15) is 10.4 Å². The fourth-order valence-electron chi connectivity index (χ4n) is 0.844. The first-order chi connectivity index (χ1) is 6.08. The Labute approximate surface area is 105 Å². The Morgan fingerprint density at radius 3 is 2.29 bits per heavy atom. The van der Waals surface area contributed by atoms with E-state index in [4.69, 9.17) is 0 Å². The molecule has 1 aromatic carbocycles. The monoisotopic (exact) mass is 218 g/mol. The number of rotatable bonds is 3. The minimum atomic E-state index is -4.11. The molecular formula is C9H8NaO3P. The van der Waals surface area contributed by atoms with Gasteiger partial charge in [0.05, 0.1) is 0 Å². The summed E-state index contributed by atoms with van der Waals surface area (Å²) in [5.74, 6) is 0.683. The second-order valence-electron chi connectivity index (χ2n) is 2.45. The molecule has 1 rings (SSSR count). The molecule has 1 atom stereocenters. The van der Waals surface area contributed by atoms with Gasteiger partial charge in [-0.3, -0.25) is 4.79 Å². The summed E-state index contributed by atoms with van der Waals surface area (Å²) < 4.78 is 11.1. The van der Waals surface area contributed by atoms with Crippen LogP contribution in [0.5, 0.6) is 0 Å². The molecule has 3 nitrogen and oxygen atoms in total. The number of benzene rings is 1. The van der Waals surface area contributed by atoms with Gasteiger partial charge in [-0.15, -0.1) is 0 Å². The molecule has 1 aromatic rings. The molecule has 0 spiro atoms. The molecule has 0 saturated heterocycles. The molecule has 0 aliphatic carbocycles. The van der Waals surface area contributed by atoms with Crippen LogP contribution >= 0.6 is 7.37 Å². The summed E-state index contributed by atoms with van der Waals surface area (Å²) in [5, 5.41) is 0. The smallest absolute Gasteiger partial charge is 0.791 e. The van der Waals surface area contributed by atoms with E-state index in [9.17, 15) is 14.3 Å². The minimum Gasteiger partial charge on any atom is -0.791 e. The molecule has 0 bridgehead atoms. The summed E-state index contributed by atoms with van der Waals surface area (Å²) in [6, 6.07) is 7.83. The van der Waals surface area contributed by atoms with Gasteiger partial charge in [0.15, 0.2) is 0 Å². The van der Waals surface area contributed by atoms with Crippen LogP contribution in [-0.4, -0.2) is 5.52 Å². The van der Waals surface area contributed by atoms with E-state index in [1.165, 1.54) is 12.1 Å². The average Bonchev–Trinajstić information content (AvgIpc) is 2.18. The summed E-state index contributed by atoms with van der Waals surface area (Å²) in [6.45, 7) is 3.08. The van der Waals surface area contributed by atoms with E-state index in [0.717, 1.165) is 0 Å². The molecule has 5 heteroatoms. The van der Waals surface area contributed by atoms with Crippen molar-refractivity contribution in [2.24, 2.45) is 0 Å². The number of carbonyl (C=O) groups is 1. The van der Waals surface area contributed by atoms with Crippen LogP contribution in [0.4, 0.5) is 0 Å². The zero-order valence-corrected chi connectivity index (χ0v) is 10.7. The second kappa shape index (κ2) is 5.64. The molecule has 0 aromatic heterocycles. The van der Waals surface area contributed by atoms with E-state index >= 15 is 0 Å². The fourth-order valence-corrected chi connectivity index (χ4v) is 1.52. The third-order valence-corrected chi connectivity index (χ3v) is 2.85. The van der Waals surface area contributed by atoms with Gasteiger partial charge in [-0.2, -0.15) is 0 Å². The molecule has 1 unspecified atom stereocenters. The molecule has 0 radical (unpaired) electrons. The van der Waals surface area contributed by atoms with E-state index < -0.39 is 12.9 Å². The molecule has 68 valence electrons. The molecule has 0 amide bonds. The number of carbonyl (C=O) groups excluding carboxylic acids is 1. The molecular weight excluding hydrogens is 210 g/mol. The van der Waals surface area contributed by atoms with Crippen LogP contribution in [0.25, 0.3) is 0 Å². The number of hydrogen-bond donors (Lipinski definition) is 0. The van der Waals surface area contributed by atoms with Crippen LogP contribution in [0.15, 0.2) is 42.7 Å². The predicted octanol–water partition coefficient (Wildman–Crippen LogP) is -1.39. The van der Waals surface area contributed by atoms with Crippen molar-refractivity contribution in [2.75, 3.05) is 0 Å². The van der Waals surface area contributed by atoms with Gasteiger partial charge in [-0.25, -0.2) is 0 Å². The van der Waals surface area contributed by atoms with Crippen molar-refractivity contribution in [3.63, 3.8) is 0 Å². The largest absolute Gasteiger partial charge is 1.00 e. The first-order valence-corrected chi connectivity index (χ1v) is 5.31. The van der Waals surface area contributed by atoms with Crippen LogP contribution in [0, 0.1) is 0 Å². The van der Waals surface area contributed by atoms with Crippen molar-refractivity contribution in [1.82, 2.24) is 0 Å². The van der Waals surface area contributed by atoms with Gasteiger partial charge < -0.3 is 9.46 Å². The third-order valence-electron chi connectivity index (χ3n) is 1.54. The third kappa shape index (κ3) is 3.19. The SMILES string of the molecule is C=CP(=O)([O-])C(=O)c1ccccc1.[Na+]. The average molecular weight is 218 g/mol. The van der Waals surface area contributed by atoms with Crippen LogP contribution in [0.3, 0.4) is 0 Å². The standard InChI is InChI=1S/C9H9O3P.Na/c1-2-13(11,12)9(10)8-6-4-3-5-7-8;/h2-7H,1H2,(H,11,12);/q;+1/p-1. The predicted molar refractivity (Wildman–Crippen MR) is 48.6 cm³/mol. The van der Waals surface area contributed by atoms with Crippen molar-refractivity contribution in [2.45, 2.75) is 0 Å². The van der Waals surface area contributed by atoms with Crippen molar-refractivity contribution < 1.29 is 43.8 Å². The van der Waals surface area contributed by atoms with Gasteiger partial charge in [0.25, 0.3) is 0 Å². The van der Waals surface area contributed by atoms with E-state index in [2.05, 4.69) is 6.58 Å². The molecule has 0 aliphatic heterocycles. The molecule has 0 heterocycles. The summed E-state index contributed by atoms with van der Waals surface area (Å²) in [4.78, 5) is 22.3. The maximum Gasteiger partial charge on any atom is 1.00 e. The van der Waals surface area contributed by atoms with E-state index in [0.29, 0.717) is 5.82 Å². The van der Waals surface area contributed by atoms with Gasteiger partial charge >= 0.3 is 29.6 Å². The Kier molecular flexibility index (Phi) is 5.57. The zero-order chi connectivity index (χ0) is 9.90. The first kappa shape index (κ1) is 13.8. The Bertz CT molecular complexity index is 375. The summed E-state index contributed by atoms with van der Waals surface area (Å²) >= 11 is 0. The second-order valence-corrected chi connectivity index (χ2v) is 4.42. The van der Waals surface area contributed by atoms with E-state index in [-0.39, 0.29) is 35.1 Å². The van der Waals surface area contributed by atoms with Gasteiger partial charge in [0, 0.05) is 5.56 Å².